The number of quaternary nitrogens is 1. The molecule has 1 aliphatic heterocycles. The number of nitrogens with zero attached hydrogens (tertiary/aromatic N) is 1. The molecule has 4 nitrogen and oxygen atoms in total. The number of ether oxygens (including phenoxy) is 1. The van der Waals surface area contributed by atoms with Crippen LogP contribution in [0.2, 0.25) is 0 Å². The van der Waals surface area contributed by atoms with E-state index in [2.05, 4.69) is 53.8 Å². The number of carbonyl (C=O) groups excluding carboxylic acids is 1. The fraction of sp³-hybridized carbons (Fsp3) is 0.0370. The van der Waals surface area contributed by atoms with Crippen molar-refractivity contribution in [1.29, 1.82) is 0 Å². The summed E-state index contributed by atoms with van der Waals surface area (Å²) in [5.41, 5.74) is 8.12. The normalized spacial score (nSPS) is 12.2. The zero-order valence-corrected chi connectivity index (χ0v) is 17.1. The highest BCUT2D eigenvalue weighted by Gasteiger charge is 2.28. The van der Waals surface area contributed by atoms with Crippen LogP contribution in [-0.2, 0) is 4.74 Å². The van der Waals surface area contributed by atoms with Gasteiger partial charge in [-0.3, -0.25) is 5.32 Å². The van der Waals surface area contributed by atoms with Crippen molar-refractivity contribution in [3.63, 3.8) is 0 Å². The lowest BCUT2D eigenvalue weighted by molar-refractivity contribution is -0.436. The van der Waals surface area contributed by atoms with Crippen molar-refractivity contribution in [3.8, 4) is 22.3 Å². The zero-order valence-electron chi connectivity index (χ0n) is 17.1. The third kappa shape index (κ3) is 3.54. The van der Waals surface area contributed by atoms with E-state index >= 15 is 0 Å². The molecule has 0 saturated carbocycles. The summed E-state index contributed by atoms with van der Waals surface area (Å²) >= 11 is 0. The average molecular weight is 405 g/mol. The molecule has 0 spiro atoms. The number of nitrogens with two attached hydrogens (primary N) is 1. The van der Waals surface area contributed by atoms with E-state index in [0.717, 1.165) is 45.0 Å². The van der Waals surface area contributed by atoms with E-state index in [1.165, 1.54) is 7.11 Å². The topological polar surface area (TPSA) is 55.3 Å². The SMILES string of the molecule is COC(=O)c1ccc(C2=Nc3c(-c4ccccc4)ccc(-c4ccccc4)c3[NH2+]2)cc1. The summed E-state index contributed by atoms with van der Waals surface area (Å²) in [5, 5.41) is 2.14. The van der Waals surface area contributed by atoms with Crippen LogP contribution < -0.4 is 5.32 Å². The molecule has 1 aliphatic rings. The fourth-order valence-electron chi connectivity index (χ4n) is 3.93. The van der Waals surface area contributed by atoms with E-state index in [1.807, 2.05) is 36.4 Å². The minimum Gasteiger partial charge on any atom is -0.465 e. The highest BCUT2D eigenvalue weighted by Crippen LogP contribution is 2.42. The van der Waals surface area contributed by atoms with Gasteiger partial charge in [-0.2, -0.15) is 4.99 Å². The van der Waals surface area contributed by atoms with Crippen molar-refractivity contribution in [1.82, 2.24) is 0 Å². The Kier molecular flexibility index (Phi) is 4.90. The molecule has 5 rings (SSSR count). The largest absolute Gasteiger partial charge is 0.465 e. The smallest absolute Gasteiger partial charge is 0.337 e. The Morgan fingerprint density at radius 1 is 0.710 bits per heavy atom. The average Bonchev–Trinajstić information content (AvgIpc) is 3.29. The summed E-state index contributed by atoms with van der Waals surface area (Å²) in [6.07, 6.45) is 0. The number of amidine groups is 1. The first-order valence-corrected chi connectivity index (χ1v) is 10.1. The van der Waals surface area contributed by atoms with E-state index < -0.39 is 0 Å². The molecule has 0 unspecified atom stereocenters. The molecule has 0 atom stereocenters. The number of methoxy groups -OCH3 is 1. The minimum absolute atomic E-state index is 0.343. The van der Waals surface area contributed by atoms with Crippen LogP contribution in [0.5, 0.6) is 0 Å². The van der Waals surface area contributed by atoms with Crippen LogP contribution in [0, 0.1) is 0 Å². The van der Waals surface area contributed by atoms with Gasteiger partial charge in [0.05, 0.1) is 18.2 Å². The fourth-order valence-corrected chi connectivity index (χ4v) is 3.93. The van der Waals surface area contributed by atoms with Gasteiger partial charge in [0.2, 0.25) is 5.84 Å². The van der Waals surface area contributed by atoms with Crippen LogP contribution in [0.3, 0.4) is 0 Å². The van der Waals surface area contributed by atoms with Gasteiger partial charge < -0.3 is 4.74 Å². The van der Waals surface area contributed by atoms with Crippen molar-refractivity contribution in [2.45, 2.75) is 0 Å². The van der Waals surface area contributed by atoms with Gasteiger partial charge in [0.25, 0.3) is 0 Å². The second-order valence-electron chi connectivity index (χ2n) is 7.37. The van der Waals surface area contributed by atoms with Gasteiger partial charge in [-0.25, -0.2) is 4.79 Å². The molecule has 4 aromatic carbocycles. The first-order chi connectivity index (χ1) is 15.2. The van der Waals surface area contributed by atoms with Crippen molar-refractivity contribution >= 4 is 23.2 Å². The summed E-state index contributed by atoms with van der Waals surface area (Å²) < 4.78 is 4.80. The molecule has 4 heteroatoms. The van der Waals surface area contributed by atoms with Crippen LogP contribution in [0.25, 0.3) is 22.3 Å². The molecule has 0 aliphatic carbocycles. The number of hydrogen-bond acceptors (Lipinski definition) is 3. The predicted octanol–water partition coefficient (Wildman–Crippen LogP) is 5.09. The Hall–Kier alpha value is -4.02. The summed E-state index contributed by atoms with van der Waals surface area (Å²) in [7, 11) is 1.39. The summed E-state index contributed by atoms with van der Waals surface area (Å²) in [6.45, 7) is 0. The summed E-state index contributed by atoms with van der Waals surface area (Å²) in [5.74, 6) is 0.539. The van der Waals surface area contributed by atoms with E-state index in [9.17, 15) is 4.79 Å². The van der Waals surface area contributed by atoms with Gasteiger partial charge in [-0.05, 0) is 41.5 Å². The van der Waals surface area contributed by atoms with E-state index in [-0.39, 0.29) is 5.97 Å². The zero-order chi connectivity index (χ0) is 21.2. The molecular formula is C27H21N2O2+. The van der Waals surface area contributed by atoms with Crippen LogP contribution >= 0.6 is 0 Å². The first-order valence-electron chi connectivity index (χ1n) is 10.1. The molecule has 31 heavy (non-hydrogen) atoms. The van der Waals surface area contributed by atoms with Crippen molar-refractivity contribution < 1.29 is 14.8 Å². The molecular weight excluding hydrogens is 384 g/mol. The van der Waals surface area contributed by atoms with E-state index in [1.54, 1.807) is 12.1 Å². The number of carbonyl (C=O) groups is 1. The maximum Gasteiger partial charge on any atom is 0.337 e. The maximum absolute atomic E-state index is 11.8. The number of fused-ring (bicyclic) bond motifs is 1. The number of esters is 1. The minimum atomic E-state index is -0.343. The maximum atomic E-state index is 11.8. The van der Waals surface area contributed by atoms with Gasteiger partial charge in [-0.1, -0.05) is 66.7 Å². The lowest BCUT2D eigenvalue weighted by Crippen LogP contribution is -2.81. The molecule has 0 amide bonds. The van der Waals surface area contributed by atoms with Gasteiger partial charge in [0.15, 0.2) is 5.69 Å². The highest BCUT2D eigenvalue weighted by molar-refractivity contribution is 6.04. The van der Waals surface area contributed by atoms with Gasteiger partial charge in [-0.15, -0.1) is 0 Å². The molecule has 0 aromatic heterocycles. The van der Waals surface area contributed by atoms with Crippen LogP contribution in [-0.4, -0.2) is 18.9 Å². The van der Waals surface area contributed by atoms with E-state index in [4.69, 9.17) is 9.73 Å². The number of rotatable bonds is 4. The molecule has 0 radical (unpaired) electrons. The molecule has 1 heterocycles. The summed E-state index contributed by atoms with van der Waals surface area (Å²) in [4.78, 5) is 16.8. The van der Waals surface area contributed by atoms with Crippen LogP contribution in [0.15, 0.2) is 102 Å². The summed E-state index contributed by atoms with van der Waals surface area (Å²) in [6, 6.07) is 32.4. The molecule has 2 N–H and O–H groups in total. The molecule has 0 fully saturated rings. The van der Waals surface area contributed by atoms with Crippen LogP contribution in [0.4, 0.5) is 11.4 Å². The Bertz CT molecular complexity index is 1280. The van der Waals surface area contributed by atoms with E-state index in [0.29, 0.717) is 5.56 Å². The van der Waals surface area contributed by atoms with Gasteiger partial charge in [0, 0.05) is 11.1 Å². The number of benzene rings is 4. The van der Waals surface area contributed by atoms with Crippen molar-refractivity contribution in [2.75, 3.05) is 7.11 Å². The number of aliphatic imine (C=N–C) groups is 1. The van der Waals surface area contributed by atoms with Crippen molar-refractivity contribution in [3.05, 3.63) is 108 Å². The van der Waals surface area contributed by atoms with Gasteiger partial charge >= 0.3 is 5.97 Å². The lowest BCUT2D eigenvalue weighted by atomic mass is 9.96. The Morgan fingerprint density at radius 3 is 1.90 bits per heavy atom. The quantitative estimate of drug-likeness (QED) is 0.380. The standard InChI is InChI=1S/C27H20N2O2/c1-31-27(30)21-14-12-20(13-15-21)26-28-24-22(18-8-4-2-5-9-18)16-17-23(25(24)29-26)19-10-6-3-7-11-19/h2-17H,1H3,(H,28,29)/p+1. The predicted molar refractivity (Wildman–Crippen MR) is 123 cm³/mol. The second-order valence-corrected chi connectivity index (χ2v) is 7.37. The Balaban J connectivity index is 1.61. The monoisotopic (exact) mass is 405 g/mol. The Labute approximate surface area is 180 Å². The first kappa shape index (κ1) is 19.0. The van der Waals surface area contributed by atoms with Crippen LogP contribution in [0.1, 0.15) is 15.9 Å². The molecule has 0 bridgehead atoms. The third-order valence-corrected chi connectivity index (χ3v) is 5.50. The molecule has 150 valence electrons. The molecule has 4 aromatic rings. The van der Waals surface area contributed by atoms with Gasteiger partial charge in [0.1, 0.15) is 5.69 Å². The Morgan fingerprint density at radius 2 is 1.29 bits per heavy atom. The highest BCUT2D eigenvalue weighted by atomic mass is 16.5. The molecule has 0 saturated heterocycles. The van der Waals surface area contributed by atoms with Crippen molar-refractivity contribution in [2.24, 2.45) is 4.99 Å². The lowest BCUT2D eigenvalue weighted by Gasteiger charge is -2.09. The second kappa shape index (κ2) is 8.01. The number of hydrogen-bond donors (Lipinski definition) is 1. The third-order valence-electron chi connectivity index (χ3n) is 5.50.